The summed E-state index contributed by atoms with van der Waals surface area (Å²) < 4.78 is 1.07. The molecule has 0 fully saturated rings. The van der Waals surface area contributed by atoms with Crippen LogP contribution in [-0.4, -0.2) is 10.9 Å². The Hall–Kier alpha value is -6.53. The number of nitrogens with one attached hydrogen (secondary N) is 2. The number of ketones is 1. The maximum absolute atomic E-state index is 12.1. The molecule has 0 aliphatic heterocycles. The number of hydrogen-bond donors (Lipinski definition) is 3. The first-order chi connectivity index (χ1) is 27.0. The molecule has 0 atom stereocenters. The maximum atomic E-state index is 12.1. The topological polar surface area (TPSA) is 61.4 Å². The lowest BCUT2D eigenvalue weighted by molar-refractivity contribution is 0.104. The number of fused-ring (bicyclic) bond motifs is 6. The average molecular weight is 778 g/mol. The molecule has 0 heterocycles. The Balaban J connectivity index is 0.000000128. The summed E-state index contributed by atoms with van der Waals surface area (Å²) in [6.45, 7) is 0. The molecule has 0 saturated heterocycles. The van der Waals surface area contributed by atoms with E-state index < -0.39 is 5.60 Å². The van der Waals surface area contributed by atoms with Gasteiger partial charge in [-0.1, -0.05) is 164 Å². The Morgan fingerprint density at radius 3 is 1.20 bits per heavy atom. The summed E-state index contributed by atoms with van der Waals surface area (Å²) in [6, 6.07) is 68.0. The van der Waals surface area contributed by atoms with Crippen LogP contribution in [0.1, 0.15) is 32.6 Å². The fraction of sp³-hybridized carbons (Fsp3) is 0.0200. The molecule has 8 aromatic carbocycles. The van der Waals surface area contributed by atoms with Crippen LogP contribution >= 0.6 is 15.9 Å². The lowest BCUT2D eigenvalue weighted by Crippen LogP contribution is -2.27. The molecule has 10 rings (SSSR count). The van der Waals surface area contributed by atoms with Crippen LogP contribution in [0.4, 0.5) is 22.7 Å². The summed E-state index contributed by atoms with van der Waals surface area (Å²) in [7, 11) is 0. The third-order valence-electron chi connectivity index (χ3n) is 9.85. The zero-order chi connectivity index (χ0) is 37.6. The normalized spacial score (nSPS) is 12.4. The molecule has 2 aliphatic rings. The molecular formula is C50H37BrN2O2. The molecule has 0 bridgehead atoms. The van der Waals surface area contributed by atoms with E-state index in [0.29, 0.717) is 0 Å². The Bertz CT molecular complexity index is 2510. The Morgan fingerprint density at radius 2 is 0.709 bits per heavy atom. The number of para-hydroxylation sites is 4. The molecule has 2 aliphatic carbocycles. The molecule has 0 aromatic heterocycles. The van der Waals surface area contributed by atoms with Gasteiger partial charge in [0.1, 0.15) is 5.60 Å². The number of rotatable bonds is 5. The number of carbonyl (C=O) groups is 1. The van der Waals surface area contributed by atoms with Crippen molar-refractivity contribution < 1.29 is 9.90 Å². The van der Waals surface area contributed by atoms with Crippen molar-refractivity contribution in [1.82, 2.24) is 0 Å². The van der Waals surface area contributed by atoms with Gasteiger partial charge in [-0.25, -0.2) is 0 Å². The van der Waals surface area contributed by atoms with E-state index in [1.54, 1.807) is 0 Å². The minimum absolute atomic E-state index is 0.149. The molecule has 266 valence electrons. The summed E-state index contributed by atoms with van der Waals surface area (Å²) in [4.78, 5) is 11.9. The van der Waals surface area contributed by atoms with Crippen LogP contribution in [-0.2, 0) is 5.60 Å². The Labute approximate surface area is 329 Å². The van der Waals surface area contributed by atoms with Crippen molar-refractivity contribution in [3.8, 4) is 22.3 Å². The third-order valence-corrected chi connectivity index (χ3v) is 10.5. The fourth-order valence-electron chi connectivity index (χ4n) is 7.30. The number of halogens is 1. The monoisotopic (exact) mass is 776 g/mol. The van der Waals surface area contributed by atoms with Crippen molar-refractivity contribution >= 4 is 44.5 Å². The average Bonchev–Trinajstić information content (AvgIpc) is 3.68. The summed E-state index contributed by atoms with van der Waals surface area (Å²) in [5, 5.41) is 18.9. The smallest absolute Gasteiger partial charge is 0.194 e. The van der Waals surface area contributed by atoms with E-state index >= 15 is 0 Å². The molecule has 0 saturated carbocycles. The second-order valence-corrected chi connectivity index (χ2v) is 14.1. The Morgan fingerprint density at radius 1 is 0.364 bits per heavy atom. The molecule has 0 spiro atoms. The lowest BCUT2D eigenvalue weighted by atomic mass is 9.83. The van der Waals surface area contributed by atoms with Crippen molar-refractivity contribution in [1.29, 1.82) is 0 Å². The molecule has 0 radical (unpaired) electrons. The highest BCUT2D eigenvalue weighted by Crippen LogP contribution is 2.52. The zero-order valence-electron chi connectivity index (χ0n) is 29.9. The number of hydrogen-bond acceptors (Lipinski definition) is 4. The van der Waals surface area contributed by atoms with Gasteiger partial charge in [0, 0.05) is 49.4 Å². The van der Waals surface area contributed by atoms with Crippen molar-refractivity contribution in [2.45, 2.75) is 5.60 Å². The van der Waals surface area contributed by atoms with Crippen molar-refractivity contribution in [2.75, 3.05) is 10.6 Å². The number of benzene rings is 8. The first-order valence-electron chi connectivity index (χ1n) is 18.2. The van der Waals surface area contributed by atoms with Gasteiger partial charge < -0.3 is 15.7 Å². The summed E-state index contributed by atoms with van der Waals surface area (Å²) >= 11 is 3.49. The minimum atomic E-state index is -1.19. The van der Waals surface area contributed by atoms with Crippen LogP contribution in [0.3, 0.4) is 0 Å². The summed E-state index contributed by atoms with van der Waals surface area (Å²) in [5.41, 5.74) is 11.5. The van der Waals surface area contributed by atoms with Crippen LogP contribution < -0.4 is 10.6 Å². The third kappa shape index (κ3) is 7.11. The van der Waals surface area contributed by atoms with E-state index in [0.717, 1.165) is 77.3 Å². The SMILES string of the molecule is Brc1ccccc1Nc1ccccc1.O=C1c2ccccc2-c2ccccc21.OC1(c2ccccc2Nc2ccccc2)c2ccccc2-c2ccccc21. The van der Waals surface area contributed by atoms with E-state index in [2.05, 4.69) is 38.7 Å². The molecule has 0 amide bonds. The van der Waals surface area contributed by atoms with Crippen molar-refractivity contribution in [2.24, 2.45) is 0 Å². The molecule has 4 nitrogen and oxygen atoms in total. The largest absolute Gasteiger partial charge is 0.376 e. The number of carbonyl (C=O) groups excluding carboxylic acids is 1. The van der Waals surface area contributed by atoms with Gasteiger partial charge in [0.15, 0.2) is 5.78 Å². The number of anilines is 4. The van der Waals surface area contributed by atoms with Crippen LogP contribution in [0, 0.1) is 0 Å². The lowest BCUT2D eigenvalue weighted by Gasteiger charge is -2.29. The summed E-state index contributed by atoms with van der Waals surface area (Å²) in [5.74, 6) is 0.149. The molecule has 55 heavy (non-hydrogen) atoms. The van der Waals surface area contributed by atoms with Gasteiger partial charge in [0.05, 0.1) is 5.69 Å². The highest BCUT2D eigenvalue weighted by atomic mass is 79.9. The second-order valence-electron chi connectivity index (χ2n) is 13.2. The van der Waals surface area contributed by atoms with E-state index in [4.69, 9.17) is 0 Å². The van der Waals surface area contributed by atoms with Crippen LogP contribution in [0.25, 0.3) is 22.3 Å². The van der Waals surface area contributed by atoms with Crippen molar-refractivity contribution in [3.05, 3.63) is 239 Å². The van der Waals surface area contributed by atoms with Gasteiger partial charge in [0.2, 0.25) is 0 Å². The Kier molecular flexibility index (Phi) is 10.2. The van der Waals surface area contributed by atoms with E-state index in [1.165, 1.54) is 0 Å². The predicted molar refractivity (Wildman–Crippen MR) is 229 cm³/mol. The quantitative estimate of drug-likeness (QED) is 0.163. The van der Waals surface area contributed by atoms with Gasteiger partial charge in [-0.05, 0) is 80.6 Å². The second kappa shape index (κ2) is 15.8. The van der Waals surface area contributed by atoms with E-state index in [1.807, 2.05) is 194 Å². The number of aliphatic hydroxyl groups is 1. The highest BCUT2D eigenvalue weighted by molar-refractivity contribution is 9.10. The van der Waals surface area contributed by atoms with Crippen LogP contribution in [0.15, 0.2) is 211 Å². The van der Waals surface area contributed by atoms with Gasteiger partial charge in [0.25, 0.3) is 0 Å². The van der Waals surface area contributed by atoms with Crippen molar-refractivity contribution in [3.63, 3.8) is 0 Å². The minimum Gasteiger partial charge on any atom is -0.376 e. The molecular weight excluding hydrogens is 740 g/mol. The molecule has 5 heteroatoms. The fourth-order valence-corrected chi connectivity index (χ4v) is 7.69. The first-order valence-corrected chi connectivity index (χ1v) is 18.9. The van der Waals surface area contributed by atoms with E-state index in [9.17, 15) is 9.90 Å². The van der Waals surface area contributed by atoms with Crippen LogP contribution in [0.5, 0.6) is 0 Å². The first kappa shape index (κ1) is 35.5. The zero-order valence-corrected chi connectivity index (χ0v) is 31.4. The maximum Gasteiger partial charge on any atom is 0.194 e. The van der Waals surface area contributed by atoms with E-state index in [-0.39, 0.29) is 5.78 Å². The van der Waals surface area contributed by atoms with Gasteiger partial charge >= 0.3 is 0 Å². The molecule has 3 N–H and O–H groups in total. The van der Waals surface area contributed by atoms with Gasteiger partial charge in [-0.3, -0.25) is 4.79 Å². The van der Waals surface area contributed by atoms with Crippen LogP contribution in [0.2, 0.25) is 0 Å². The standard InChI is InChI=1S/C25H19NO.C13H8O.C12H10BrN/c27-25(21-14-6-4-12-19(21)20-13-5-7-15-22(20)25)23-16-8-9-17-24(23)26-18-10-2-1-3-11-18;14-13-11-7-3-1-5-9(11)10-6-2-4-8-12(10)13;13-11-8-4-5-9-12(11)14-10-6-2-1-3-7-10/h1-17,26-27H;1-8H;1-9,14H. The highest BCUT2D eigenvalue weighted by Gasteiger charge is 2.44. The van der Waals surface area contributed by atoms with Gasteiger partial charge in [-0.2, -0.15) is 0 Å². The molecule has 8 aromatic rings. The predicted octanol–water partition coefficient (Wildman–Crippen LogP) is 12.8. The van der Waals surface area contributed by atoms with Gasteiger partial charge in [-0.15, -0.1) is 0 Å². The summed E-state index contributed by atoms with van der Waals surface area (Å²) in [6.07, 6.45) is 0. The molecule has 0 unspecified atom stereocenters.